The van der Waals surface area contributed by atoms with E-state index >= 15 is 0 Å². The second-order valence-corrected chi connectivity index (χ2v) is 6.82. The fourth-order valence-corrected chi connectivity index (χ4v) is 3.15. The van der Waals surface area contributed by atoms with E-state index < -0.39 is 0 Å². The molecule has 140 valence electrons. The molecule has 0 radical (unpaired) electrons. The van der Waals surface area contributed by atoms with Gasteiger partial charge in [-0.3, -0.25) is 4.79 Å². The van der Waals surface area contributed by atoms with E-state index in [-0.39, 0.29) is 24.4 Å². The van der Waals surface area contributed by atoms with Crippen LogP contribution in [0.4, 0.5) is 0 Å². The van der Waals surface area contributed by atoms with E-state index in [0.29, 0.717) is 13.0 Å². The number of aryl methyl sites for hydroxylation is 1. The quantitative estimate of drug-likeness (QED) is 0.871. The maximum atomic E-state index is 12.4. The molecule has 0 aromatic heterocycles. The van der Waals surface area contributed by atoms with Crippen LogP contribution in [0.25, 0.3) is 0 Å². The molecule has 3 rings (SSSR count). The molecule has 1 heterocycles. The maximum Gasteiger partial charge on any atom is 0.226 e. The van der Waals surface area contributed by atoms with E-state index in [9.17, 15) is 4.79 Å². The molecule has 4 nitrogen and oxygen atoms in total. The Labute approximate surface area is 161 Å². The molecule has 0 atom stereocenters. The van der Waals surface area contributed by atoms with Crippen molar-refractivity contribution in [3.8, 4) is 5.75 Å². The van der Waals surface area contributed by atoms with Gasteiger partial charge in [-0.15, -0.1) is 12.4 Å². The Morgan fingerprint density at radius 2 is 1.81 bits per heavy atom. The minimum absolute atomic E-state index is 0. The summed E-state index contributed by atoms with van der Waals surface area (Å²) in [6.07, 6.45) is 2.20. The summed E-state index contributed by atoms with van der Waals surface area (Å²) in [4.78, 5) is 14.4. The largest absolute Gasteiger partial charge is 0.489 e. The number of hydrogen-bond acceptors (Lipinski definition) is 3. The van der Waals surface area contributed by atoms with E-state index in [1.807, 2.05) is 35.2 Å². The Balaban J connectivity index is 0.00000243. The number of likely N-dealkylation sites (tertiary alicyclic amines) is 1. The summed E-state index contributed by atoms with van der Waals surface area (Å²) in [7, 11) is 0. The number of hydrogen-bond donors (Lipinski definition) is 1. The highest BCUT2D eigenvalue weighted by Gasteiger charge is 2.20. The number of rotatable bonds is 5. The third kappa shape index (κ3) is 5.75. The van der Waals surface area contributed by atoms with Crippen molar-refractivity contribution in [2.75, 3.05) is 13.1 Å². The summed E-state index contributed by atoms with van der Waals surface area (Å²) >= 11 is 0. The van der Waals surface area contributed by atoms with E-state index in [1.165, 1.54) is 5.56 Å². The van der Waals surface area contributed by atoms with E-state index in [4.69, 9.17) is 10.5 Å². The summed E-state index contributed by atoms with van der Waals surface area (Å²) in [5.41, 5.74) is 9.26. The molecule has 1 aliphatic heterocycles. The normalized spacial score (nSPS) is 14.6. The molecular weight excluding hydrogens is 348 g/mol. The zero-order valence-electron chi connectivity index (χ0n) is 15.2. The lowest BCUT2D eigenvalue weighted by Crippen LogP contribution is -2.43. The number of carbonyl (C=O) groups is 1. The Bertz CT molecular complexity index is 727. The predicted octanol–water partition coefficient (Wildman–Crippen LogP) is 3.49. The second-order valence-electron chi connectivity index (χ2n) is 6.82. The fourth-order valence-electron chi connectivity index (χ4n) is 3.15. The zero-order chi connectivity index (χ0) is 17.6. The summed E-state index contributed by atoms with van der Waals surface area (Å²) < 4.78 is 5.89. The third-order valence-electron chi connectivity index (χ3n) is 4.63. The lowest BCUT2D eigenvalue weighted by atomic mass is 10.0. The SMILES string of the molecule is Cc1cccc(COc2cccc(CC(=O)N3CCC(N)CC3)c2)c1.Cl. The molecule has 1 aliphatic rings. The van der Waals surface area contributed by atoms with Gasteiger partial charge in [0, 0.05) is 19.1 Å². The van der Waals surface area contributed by atoms with Gasteiger partial charge < -0.3 is 15.4 Å². The van der Waals surface area contributed by atoms with E-state index in [1.54, 1.807) is 0 Å². The monoisotopic (exact) mass is 374 g/mol. The fraction of sp³-hybridized carbons (Fsp3) is 0.381. The Morgan fingerprint density at radius 3 is 2.54 bits per heavy atom. The number of halogens is 1. The molecule has 0 aliphatic carbocycles. The van der Waals surface area contributed by atoms with Crippen LogP contribution in [-0.2, 0) is 17.8 Å². The topological polar surface area (TPSA) is 55.6 Å². The van der Waals surface area contributed by atoms with Crippen molar-refractivity contribution in [2.24, 2.45) is 5.73 Å². The molecule has 0 saturated carbocycles. The molecular formula is C21H27ClN2O2. The maximum absolute atomic E-state index is 12.4. The van der Waals surface area contributed by atoms with Gasteiger partial charge in [0.15, 0.2) is 0 Å². The number of nitrogens with two attached hydrogens (primary N) is 1. The minimum atomic E-state index is 0. The molecule has 2 N–H and O–H groups in total. The van der Waals surface area contributed by atoms with Crippen molar-refractivity contribution < 1.29 is 9.53 Å². The van der Waals surface area contributed by atoms with Crippen LogP contribution in [0.1, 0.15) is 29.5 Å². The van der Waals surface area contributed by atoms with Crippen molar-refractivity contribution in [3.63, 3.8) is 0 Å². The zero-order valence-corrected chi connectivity index (χ0v) is 16.0. The molecule has 0 bridgehead atoms. The molecule has 1 fully saturated rings. The number of amides is 1. The van der Waals surface area contributed by atoms with Gasteiger partial charge in [-0.2, -0.15) is 0 Å². The van der Waals surface area contributed by atoms with Crippen molar-refractivity contribution >= 4 is 18.3 Å². The Morgan fingerprint density at radius 1 is 1.12 bits per heavy atom. The molecule has 1 amide bonds. The number of carbonyl (C=O) groups excluding carboxylic acids is 1. The lowest BCUT2D eigenvalue weighted by molar-refractivity contribution is -0.131. The minimum Gasteiger partial charge on any atom is -0.489 e. The van der Waals surface area contributed by atoms with Crippen LogP contribution >= 0.6 is 12.4 Å². The van der Waals surface area contributed by atoms with Gasteiger partial charge in [-0.1, -0.05) is 42.0 Å². The van der Waals surface area contributed by atoms with Gasteiger partial charge in [0.25, 0.3) is 0 Å². The first-order valence-electron chi connectivity index (χ1n) is 8.91. The molecule has 5 heteroatoms. The Hall–Kier alpha value is -2.04. The molecule has 2 aromatic rings. The van der Waals surface area contributed by atoms with Gasteiger partial charge >= 0.3 is 0 Å². The van der Waals surface area contributed by atoms with Gasteiger partial charge in [0.2, 0.25) is 5.91 Å². The van der Waals surface area contributed by atoms with Crippen LogP contribution < -0.4 is 10.5 Å². The standard InChI is InChI=1S/C21H26N2O2.ClH/c1-16-4-2-6-18(12-16)15-25-20-7-3-5-17(13-20)14-21(24)23-10-8-19(22)9-11-23;/h2-7,12-13,19H,8-11,14-15,22H2,1H3;1H. The van der Waals surface area contributed by atoms with Crippen molar-refractivity contribution in [1.82, 2.24) is 4.90 Å². The summed E-state index contributed by atoms with van der Waals surface area (Å²) in [5.74, 6) is 0.968. The first kappa shape index (κ1) is 20.3. The smallest absolute Gasteiger partial charge is 0.226 e. The van der Waals surface area contributed by atoms with Crippen molar-refractivity contribution in [1.29, 1.82) is 0 Å². The van der Waals surface area contributed by atoms with Crippen molar-refractivity contribution in [2.45, 2.75) is 38.8 Å². The highest BCUT2D eigenvalue weighted by molar-refractivity contribution is 5.85. The van der Waals surface area contributed by atoms with E-state index in [2.05, 4.69) is 25.1 Å². The van der Waals surface area contributed by atoms with Crippen LogP contribution in [0.5, 0.6) is 5.75 Å². The molecule has 26 heavy (non-hydrogen) atoms. The van der Waals surface area contributed by atoms with Gasteiger partial charge in [-0.25, -0.2) is 0 Å². The van der Waals surface area contributed by atoms with Crippen LogP contribution in [-0.4, -0.2) is 29.9 Å². The number of ether oxygens (including phenoxy) is 1. The van der Waals surface area contributed by atoms with Gasteiger partial charge in [-0.05, 0) is 43.0 Å². The third-order valence-corrected chi connectivity index (χ3v) is 4.63. The highest BCUT2D eigenvalue weighted by atomic mass is 35.5. The van der Waals surface area contributed by atoms with Crippen molar-refractivity contribution in [3.05, 3.63) is 65.2 Å². The average molecular weight is 375 g/mol. The van der Waals surface area contributed by atoms with Crippen LogP contribution in [0.15, 0.2) is 48.5 Å². The number of piperidine rings is 1. The molecule has 0 spiro atoms. The molecule has 0 unspecified atom stereocenters. The van der Waals surface area contributed by atoms with E-state index in [0.717, 1.165) is 42.8 Å². The summed E-state index contributed by atoms with van der Waals surface area (Å²) in [6.45, 7) is 4.14. The predicted molar refractivity (Wildman–Crippen MR) is 107 cm³/mol. The lowest BCUT2D eigenvalue weighted by Gasteiger charge is -2.30. The van der Waals surface area contributed by atoms with Crippen LogP contribution in [0.2, 0.25) is 0 Å². The van der Waals surface area contributed by atoms with Gasteiger partial charge in [0.05, 0.1) is 6.42 Å². The first-order chi connectivity index (χ1) is 12.1. The molecule has 2 aromatic carbocycles. The van der Waals surface area contributed by atoms with Gasteiger partial charge in [0.1, 0.15) is 12.4 Å². The Kier molecular flexibility index (Phi) is 7.49. The summed E-state index contributed by atoms with van der Waals surface area (Å²) in [6, 6.07) is 16.3. The second kappa shape index (κ2) is 9.60. The average Bonchev–Trinajstić information content (AvgIpc) is 2.61. The first-order valence-corrected chi connectivity index (χ1v) is 8.91. The number of benzene rings is 2. The van der Waals surface area contributed by atoms with Crippen LogP contribution in [0, 0.1) is 6.92 Å². The molecule has 1 saturated heterocycles. The number of nitrogens with zero attached hydrogens (tertiary/aromatic N) is 1. The summed E-state index contributed by atoms with van der Waals surface area (Å²) in [5, 5.41) is 0. The highest BCUT2D eigenvalue weighted by Crippen LogP contribution is 2.17. The van der Waals surface area contributed by atoms with Crippen LogP contribution in [0.3, 0.4) is 0 Å².